The van der Waals surface area contributed by atoms with Crippen LogP contribution in [-0.2, 0) is 14.3 Å². The Balaban J connectivity index is 3.37. The van der Waals surface area contributed by atoms with Gasteiger partial charge in [-0.3, -0.25) is 9.59 Å². The minimum absolute atomic E-state index is 0.0104. The molecule has 0 saturated carbocycles. The van der Waals surface area contributed by atoms with Gasteiger partial charge in [0.1, 0.15) is 0 Å². The molecular formula is C74H141NO5. The zero-order valence-electron chi connectivity index (χ0n) is 54.1. The second-order valence-corrected chi connectivity index (χ2v) is 24.9. The maximum absolute atomic E-state index is 12.5. The number of hydrogen-bond donors (Lipinski definition) is 3. The molecule has 0 aliphatic rings. The number of unbranched alkanes of at least 4 members (excludes halogenated alkanes) is 53. The lowest BCUT2D eigenvalue weighted by Crippen LogP contribution is -2.45. The summed E-state index contributed by atoms with van der Waals surface area (Å²) in [6, 6.07) is -0.626. The molecule has 0 aromatic heterocycles. The summed E-state index contributed by atoms with van der Waals surface area (Å²) in [4.78, 5) is 24.6. The van der Waals surface area contributed by atoms with E-state index in [1.807, 2.05) is 6.08 Å². The van der Waals surface area contributed by atoms with Gasteiger partial charge in [-0.05, 0) is 83.5 Å². The number of aliphatic hydroxyl groups is 2. The highest BCUT2D eigenvalue weighted by atomic mass is 16.5. The molecule has 80 heavy (non-hydrogen) atoms. The highest BCUT2D eigenvalue weighted by Gasteiger charge is 2.18. The SMILES string of the molecule is CCCCCCCCC/C=C\CCCCCCCC(=O)OCCCCCCCCCCCCCC/C=C\CCCCCCCCCCCCCCCCCC(=O)NC(CO)C(O)/C=C/CCCCCCCCCCCCCCCC. The molecule has 6 heteroatoms. The van der Waals surface area contributed by atoms with Crippen molar-refractivity contribution in [2.75, 3.05) is 13.2 Å². The van der Waals surface area contributed by atoms with Gasteiger partial charge in [0.05, 0.1) is 25.4 Å². The topological polar surface area (TPSA) is 95.9 Å². The van der Waals surface area contributed by atoms with Crippen molar-refractivity contribution in [1.29, 1.82) is 0 Å². The van der Waals surface area contributed by atoms with E-state index >= 15 is 0 Å². The van der Waals surface area contributed by atoms with E-state index in [1.165, 1.54) is 327 Å². The van der Waals surface area contributed by atoms with Gasteiger partial charge in [0.2, 0.25) is 5.91 Å². The van der Waals surface area contributed by atoms with E-state index in [2.05, 4.69) is 43.5 Å². The van der Waals surface area contributed by atoms with Crippen LogP contribution in [0.3, 0.4) is 0 Å². The largest absolute Gasteiger partial charge is 0.466 e. The molecule has 2 atom stereocenters. The van der Waals surface area contributed by atoms with Crippen molar-refractivity contribution in [1.82, 2.24) is 5.32 Å². The summed E-state index contributed by atoms with van der Waals surface area (Å²) < 4.78 is 5.50. The number of esters is 1. The monoisotopic (exact) mass is 1120 g/mol. The summed E-state index contributed by atoms with van der Waals surface area (Å²) in [5, 5.41) is 23.2. The van der Waals surface area contributed by atoms with Gasteiger partial charge in [-0.1, -0.05) is 339 Å². The predicted molar refractivity (Wildman–Crippen MR) is 352 cm³/mol. The van der Waals surface area contributed by atoms with Gasteiger partial charge in [0.15, 0.2) is 0 Å². The molecule has 0 aliphatic carbocycles. The maximum atomic E-state index is 12.5. The fourth-order valence-corrected chi connectivity index (χ4v) is 11.3. The lowest BCUT2D eigenvalue weighted by atomic mass is 10.0. The number of amides is 1. The van der Waals surface area contributed by atoms with Gasteiger partial charge in [0, 0.05) is 12.8 Å². The Morgan fingerprint density at radius 3 is 0.887 bits per heavy atom. The molecule has 0 saturated heterocycles. The molecular weight excluding hydrogens is 983 g/mol. The Labute approximate surface area is 500 Å². The highest BCUT2D eigenvalue weighted by molar-refractivity contribution is 5.76. The van der Waals surface area contributed by atoms with Crippen LogP contribution in [0, 0.1) is 0 Å². The van der Waals surface area contributed by atoms with Crippen molar-refractivity contribution in [2.45, 2.75) is 411 Å². The molecule has 6 nitrogen and oxygen atoms in total. The number of ether oxygens (including phenoxy) is 1. The van der Waals surface area contributed by atoms with E-state index in [1.54, 1.807) is 6.08 Å². The molecule has 2 unspecified atom stereocenters. The number of hydrogen-bond acceptors (Lipinski definition) is 5. The quantitative estimate of drug-likeness (QED) is 0.0320. The summed E-state index contributed by atoms with van der Waals surface area (Å²) in [6.45, 7) is 4.93. The van der Waals surface area contributed by atoms with Crippen LogP contribution < -0.4 is 5.32 Å². The zero-order chi connectivity index (χ0) is 57.8. The van der Waals surface area contributed by atoms with Crippen molar-refractivity contribution in [2.24, 2.45) is 0 Å². The predicted octanol–water partition coefficient (Wildman–Crippen LogP) is 23.5. The van der Waals surface area contributed by atoms with Crippen LogP contribution in [0.2, 0.25) is 0 Å². The van der Waals surface area contributed by atoms with E-state index in [-0.39, 0.29) is 18.5 Å². The Morgan fingerprint density at radius 2 is 0.588 bits per heavy atom. The molecule has 0 fully saturated rings. The first-order valence-electron chi connectivity index (χ1n) is 36.3. The Hall–Kier alpha value is -1.92. The van der Waals surface area contributed by atoms with E-state index in [9.17, 15) is 19.8 Å². The van der Waals surface area contributed by atoms with Crippen LogP contribution in [0.1, 0.15) is 399 Å². The minimum atomic E-state index is -0.843. The molecule has 472 valence electrons. The van der Waals surface area contributed by atoms with Gasteiger partial charge in [-0.25, -0.2) is 0 Å². The third-order valence-electron chi connectivity index (χ3n) is 16.9. The lowest BCUT2D eigenvalue weighted by molar-refractivity contribution is -0.143. The first-order chi connectivity index (χ1) is 39.5. The number of aliphatic hydroxyl groups excluding tert-OH is 2. The number of allylic oxidation sites excluding steroid dienone is 5. The number of rotatable bonds is 68. The van der Waals surface area contributed by atoms with E-state index in [0.717, 1.165) is 44.9 Å². The summed E-state index contributed by atoms with van der Waals surface area (Å²) in [5.74, 6) is -0.0529. The first kappa shape index (κ1) is 78.1. The van der Waals surface area contributed by atoms with Gasteiger partial charge < -0.3 is 20.3 Å². The van der Waals surface area contributed by atoms with Gasteiger partial charge >= 0.3 is 5.97 Å². The molecule has 0 aromatic carbocycles. The lowest BCUT2D eigenvalue weighted by Gasteiger charge is -2.20. The van der Waals surface area contributed by atoms with Gasteiger partial charge in [-0.2, -0.15) is 0 Å². The zero-order valence-corrected chi connectivity index (χ0v) is 54.1. The van der Waals surface area contributed by atoms with E-state index in [4.69, 9.17) is 4.74 Å². The molecule has 0 aliphatic heterocycles. The van der Waals surface area contributed by atoms with Crippen molar-refractivity contribution in [3.8, 4) is 0 Å². The van der Waals surface area contributed by atoms with Crippen LogP contribution >= 0.6 is 0 Å². The van der Waals surface area contributed by atoms with Crippen molar-refractivity contribution >= 4 is 11.9 Å². The van der Waals surface area contributed by atoms with Gasteiger partial charge in [-0.15, -0.1) is 0 Å². The Bertz CT molecular complexity index is 1300. The maximum Gasteiger partial charge on any atom is 0.305 e. The molecule has 0 radical (unpaired) electrons. The minimum Gasteiger partial charge on any atom is -0.466 e. The van der Waals surface area contributed by atoms with E-state index in [0.29, 0.717) is 19.4 Å². The van der Waals surface area contributed by atoms with Crippen LogP contribution in [-0.4, -0.2) is 47.4 Å². The fraction of sp³-hybridized carbons (Fsp3) is 0.892. The average Bonchev–Trinajstić information content (AvgIpc) is 3.46. The summed E-state index contributed by atoms with van der Waals surface area (Å²) >= 11 is 0. The van der Waals surface area contributed by atoms with Gasteiger partial charge in [0.25, 0.3) is 0 Å². The first-order valence-corrected chi connectivity index (χ1v) is 36.3. The smallest absolute Gasteiger partial charge is 0.305 e. The fourth-order valence-electron chi connectivity index (χ4n) is 11.3. The van der Waals surface area contributed by atoms with Crippen LogP contribution in [0.15, 0.2) is 36.5 Å². The second-order valence-electron chi connectivity index (χ2n) is 24.9. The van der Waals surface area contributed by atoms with Crippen LogP contribution in [0.4, 0.5) is 0 Å². The number of carbonyl (C=O) groups is 2. The molecule has 0 heterocycles. The number of nitrogens with one attached hydrogen (secondary N) is 1. The Morgan fingerprint density at radius 1 is 0.338 bits per heavy atom. The van der Waals surface area contributed by atoms with Crippen molar-refractivity contribution < 1.29 is 24.5 Å². The summed E-state index contributed by atoms with van der Waals surface area (Å²) in [7, 11) is 0. The van der Waals surface area contributed by atoms with Crippen molar-refractivity contribution in [3.63, 3.8) is 0 Å². The third kappa shape index (κ3) is 65.2. The molecule has 0 aromatic rings. The highest BCUT2D eigenvalue weighted by Crippen LogP contribution is 2.18. The van der Waals surface area contributed by atoms with Crippen LogP contribution in [0.5, 0.6) is 0 Å². The third-order valence-corrected chi connectivity index (χ3v) is 16.9. The number of carbonyl (C=O) groups excluding carboxylic acids is 2. The molecule has 0 spiro atoms. The molecule has 1 amide bonds. The average molecular weight is 1120 g/mol. The molecule has 0 rings (SSSR count). The standard InChI is InChI=1S/C74H141NO5/c1-3-5-7-9-11-13-15-17-19-38-42-46-50-54-58-62-66-72(77)71(70-76)75-73(78)67-63-59-55-51-47-43-39-36-34-32-30-28-26-24-22-21-23-25-27-29-31-33-35-37-41-45-49-53-57-61-65-69-80-74(79)68-64-60-56-52-48-44-40-20-18-16-14-12-10-8-6-4-2/h20,23,25,40,62,66,71-72,76-77H,3-19,21-22,24,26-39,41-61,63-65,67-70H2,1-2H3,(H,75,78)/b25-23-,40-20-,66-62+. The molecule has 3 N–H and O–H groups in total. The van der Waals surface area contributed by atoms with Crippen molar-refractivity contribution in [3.05, 3.63) is 36.5 Å². The van der Waals surface area contributed by atoms with E-state index < -0.39 is 12.1 Å². The normalized spacial score (nSPS) is 12.7. The van der Waals surface area contributed by atoms with Crippen LogP contribution in [0.25, 0.3) is 0 Å². The molecule has 0 bridgehead atoms. The second kappa shape index (κ2) is 69.6. The Kier molecular flexibility index (Phi) is 67.9. The summed E-state index contributed by atoms with van der Waals surface area (Å²) in [6.07, 6.45) is 89.5. The summed E-state index contributed by atoms with van der Waals surface area (Å²) in [5.41, 5.74) is 0.